The molecule has 3 rings (SSSR count). The minimum Gasteiger partial charge on any atom is -0.376 e. The van der Waals surface area contributed by atoms with Gasteiger partial charge >= 0.3 is 0 Å². The highest BCUT2D eigenvalue weighted by atomic mass is 16.5. The van der Waals surface area contributed by atoms with E-state index in [1.807, 2.05) is 30.3 Å². The number of ether oxygens (including phenoxy) is 1. The Bertz CT molecular complexity index is 627. The lowest BCUT2D eigenvalue weighted by Crippen LogP contribution is -2.32. The molecule has 1 fully saturated rings. The van der Waals surface area contributed by atoms with Crippen molar-refractivity contribution in [1.82, 2.24) is 15.3 Å². The first-order chi connectivity index (χ1) is 10.8. The second-order valence-electron chi connectivity index (χ2n) is 5.12. The summed E-state index contributed by atoms with van der Waals surface area (Å²) in [6.07, 6.45) is 3.55. The minimum atomic E-state index is -0.214. The molecule has 6 heteroatoms. The van der Waals surface area contributed by atoms with E-state index in [-0.39, 0.29) is 12.0 Å². The largest absolute Gasteiger partial charge is 0.376 e. The van der Waals surface area contributed by atoms with Gasteiger partial charge in [-0.25, -0.2) is 9.97 Å². The number of hydrogen-bond donors (Lipinski definition) is 2. The molecule has 22 heavy (non-hydrogen) atoms. The molecule has 2 N–H and O–H groups in total. The zero-order valence-electron chi connectivity index (χ0n) is 12.2. The number of rotatable bonds is 5. The maximum absolute atomic E-state index is 12.1. The molecule has 1 aliphatic heterocycles. The Kier molecular flexibility index (Phi) is 4.60. The fourth-order valence-corrected chi connectivity index (χ4v) is 2.32. The average molecular weight is 298 g/mol. The molecule has 0 bridgehead atoms. The van der Waals surface area contributed by atoms with Gasteiger partial charge in [0.25, 0.3) is 5.91 Å². The van der Waals surface area contributed by atoms with Gasteiger partial charge in [0.05, 0.1) is 6.10 Å². The third-order valence-electron chi connectivity index (χ3n) is 3.46. The molecule has 2 heterocycles. The van der Waals surface area contributed by atoms with Gasteiger partial charge in [-0.05, 0) is 25.0 Å². The van der Waals surface area contributed by atoms with E-state index in [1.54, 1.807) is 6.07 Å². The smallest absolute Gasteiger partial charge is 0.270 e. The Morgan fingerprint density at radius 1 is 1.27 bits per heavy atom. The van der Waals surface area contributed by atoms with Crippen LogP contribution in [0.3, 0.4) is 0 Å². The van der Waals surface area contributed by atoms with Gasteiger partial charge in [0.15, 0.2) is 0 Å². The van der Waals surface area contributed by atoms with Gasteiger partial charge in [0.1, 0.15) is 17.8 Å². The van der Waals surface area contributed by atoms with E-state index in [1.165, 1.54) is 6.33 Å². The first-order valence-corrected chi connectivity index (χ1v) is 7.35. The van der Waals surface area contributed by atoms with E-state index < -0.39 is 0 Å². The molecule has 2 aromatic rings. The van der Waals surface area contributed by atoms with Crippen LogP contribution in [0.2, 0.25) is 0 Å². The first kappa shape index (κ1) is 14.5. The van der Waals surface area contributed by atoms with Gasteiger partial charge in [0, 0.05) is 24.9 Å². The Morgan fingerprint density at radius 2 is 2.14 bits per heavy atom. The highest BCUT2D eigenvalue weighted by molar-refractivity contribution is 5.92. The molecule has 1 unspecified atom stereocenters. The molecule has 1 aliphatic rings. The van der Waals surface area contributed by atoms with Crippen LogP contribution in [0.15, 0.2) is 42.7 Å². The zero-order chi connectivity index (χ0) is 15.2. The molecule has 1 saturated heterocycles. The lowest BCUT2D eigenvalue weighted by Gasteiger charge is -2.11. The molecule has 114 valence electrons. The van der Waals surface area contributed by atoms with Crippen LogP contribution >= 0.6 is 0 Å². The number of anilines is 2. The first-order valence-electron chi connectivity index (χ1n) is 7.35. The topological polar surface area (TPSA) is 76.1 Å². The molecule has 0 radical (unpaired) electrons. The second kappa shape index (κ2) is 7.00. The lowest BCUT2D eigenvalue weighted by atomic mass is 10.2. The highest BCUT2D eigenvalue weighted by Crippen LogP contribution is 2.14. The van der Waals surface area contributed by atoms with Crippen LogP contribution in [0.25, 0.3) is 0 Å². The van der Waals surface area contributed by atoms with Crippen LogP contribution in [-0.2, 0) is 4.74 Å². The van der Waals surface area contributed by atoms with Crippen LogP contribution in [0.1, 0.15) is 23.3 Å². The van der Waals surface area contributed by atoms with Crippen molar-refractivity contribution >= 4 is 17.4 Å². The molecular weight excluding hydrogens is 280 g/mol. The number of benzene rings is 1. The van der Waals surface area contributed by atoms with Crippen molar-refractivity contribution in [3.63, 3.8) is 0 Å². The van der Waals surface area contributed by atoms with Gasteiger partial charge in [-0.3, -0.25) is 4.79 Å². The van der Waals surface area contributed by atoms with Crippen LogP contribution in [0, 0.1) is 0 Å². The highest BCUT2D eigenvalue weighted by Gasteiger charge is 2.17. The SMILES string of the molecule is O=C(NCC1CCCO1)c1cc(Nc2ccccc2)ncn1. The van der Waals surface area contributed by atoms with Crippen LogP contribution in [0.5, 0.6) is 0 Å². The maximum Gasteiger partial charge on any atom is 0.270 e. The maximum atomic E-state index is 12.1. The zero-order valence-corrected chi connectivity index (χ0v) is 12.2. The summed E-state index contributed by atoms with van der Waals surface area (Å²) in [5.41, 5.74) is 1.25. The number of nitrogens with one attached hydrogen (secondary N) is 2. The van der Waals surface area contributed by atoms with Gasteiger partial charge < -0.3 is 15.4 Å². The van der Waals surface area contributed by atoms with Crippen LogP contribution in [0.4, 0.5) is 11.5 Å². The van der Waals surface area contributed by atoms with Crippen LogP contribution < -0.4 is 10.6 Å². The number of amides is 1. The van der Waals surface area contributed by atoms with Crippen molar-refractivity contribution in [1.29, 1.82) is 0 Å². The minimum absolute atomic E-state index is 0.118. The van der Waals surface area contributed by atoms with Gasteiger partial charge in [-0.1, -0.05) is 18.2 Å². The normalized spacial score (nSPS) is 17.2. The number of hydrogen-bond acceptors (Lipinski definition) is 5. The van der Waals surface area contributed by atoms with Crippen LogP contribution in [-0.4, -0.2) is 35.1 Å². The molecule has 1 atom stereocenters. The van der Waals surface area contributed by atoms with Gasteiger partial charge in [0.2, 0.25) is 0 Å². The Labute approximate surface area is 128 Å². The molecule has 1 aromatic carbocycles. The van der Waals surface area contributed by atoms with E-state index in [0.717, 1.165) is 25.1 Å². The van der Waals surface area contributed by atoms with Crippen molar-refractivity contribution in [2.24, 2.45) is 0 Å². The van der Waals surface area contributed by atoms with E-state index in [9.17, 15) is 4.79 Å². The quantitative estimate of drug-likeness (QED) is 0.884. The molecule has 6 nitrogen and oxygen atoms in total. The standard InChI is InChI=1S/C16H18N4O2/c21-16(17-10-13-7-4-8-22-13)14-9-15(19-11-18-14)20-12-5-2-1-3-6-12/h1-3,5-6,9,11,13H,4,7-8,10H2,(H,17,21)(H,18,19,20). The number of carbonyl (C=O) groups is 1. The van der Waals surface area contributed by atoms with Crippen molar-refractivity contribution in [3.8, 4) is 0 Å². The molecule has 0 spiro atoms. The summed E-state index contributed by atoms with van der Waals surface area (Å²) in [4.78, 5) is 20.3. The molecular formula is C16H18N4O2. The number of carbonyl (C=O) groups excluding carboxylic acids is 1. The predicted molar refractivity (Wildman–Crippen MR) is 83.1 cm³/mol. The number of nitrogens with zero attached hydrogens (tertiary/aromatic N) is 2. The third-order valence-corrected chi connectivity index (χ3v) is 3.46. The summed E-state index contributed by atoms with van der Waals surface area (Å²) < 4.78 is 5.48. The van der Waals surface area contributed by atoms with Crippen molar-refractivity contribution in [2.75, 3.05) is 18.5 Å². The lowest BCUT2D eigenvalue weighted by molar-refractivity contribution is 0.0853. The average Bonchev–Trinajstić information content (AvgIpc) is 3.07. The molecule has 1 amide bonds. The molecule has 0 aliphatic carbocycles. The summed E-state index contributed by atoms with van der Waals surface area (Å²) >= 11 is 0. The summed E-state index contributed by atoms with van der Waals surface area (Å²) in [5.74, 6) is 0.373. The monoisotopic (exact) mass is 298 g/mol. The molecule has 0 saturated carbocycles. The van der Waals surface area contributed by atoms with E-state index in [2.05, 4.69) is 20.6 Å². The Hall–Kier alpha value is -2.47. The van der Waals surface area contributed by atoms with E-state index in [4.69, 9.17) is 4.74 Å². The molecule has 1 aromatic heterocycles. The number of aromatic nitrogens is 2. The Morgan fingerprint density at radius 3 is 2.91 bits per heavy atom. The van der Waals surface area contributed by atoms with Gasteiger partial charge in [-0.15, -0.1) is 0 Å². The summed E-state index contributed by atoms with van der Waals surface area (Å²) in [6.45, 7) is 1.30. The van der Waals surface area contributed by atoms with E-state index in [0.29, 0.717) is 18.1 Å². The summed E-state index contributed by atoms with van der Waals surface area (Å²) in [5, 5.41) is 5.99. The van der Waals surface area contributed by atoms with E-state index >= 15 is 0 Å². The Balaban J connectivity index is 1.61. The third kappa shape index (κ3) is 3.79. The van der Waals surface area contributed by atoms with Crippen molar-refractivity contribution in [2.45, 2.75) is 18.9 Å². The fraction of sp³-hybridized carbons (Fsp3) is 0.312. The summed E-state index contributed by atoms with van der Waals surface area (Å²) in [7, 11) is 0. The fourth-order valence-electron chi connectivity index (χ4n) is 2.32. The predicted octanol–water partition coefficient (Wildman–Crippen LogP) is 2.13. The summed E-state index contributed by atoms with van der Waals surface area (Å²) in [6, 6.07) is 11.3. The van der Waals surface area contributed by atoms with Gasteiger partial charge in [-0.2, -0.15) is 0 Å². The number of para-hydroxylation sites is 1. The van der Waals surface area contributed by atoms with Crippen molar-refractivity contribution in [3.05, 3.63) is 48.4 Å². The van der Waals surface area contributed by atoms with Crippen molar-refractivity contribution < 1.29 is 9.53 Å². The second-order valence-corrected chi connectivity index (χ2v) is 5.12.